The Balaban J connectivity index is 1.41. The van der Waals surface area contributed by atoms with Gasteiger partial charge in [-0.15, -0.1) is 0 Å². The Morgan fingerprint density at radius 1 is 0.951 bits per heavy atom. The Kier molecular flexibility index (Phi) is 9.75. The van der Waals surface area contributed by atoms with E-state index in [0.717, 1.165) is 21.9 Å². The fraction of sp³-hybridized carbons (Fsp3) is 0.250. The molecule has 0 saturated carbocycles. The van der Waals surface area contributed by atoms with Gasteiger partial charge < -0.3 is 9.47 Å². The number of carbonyl (C=O) groups excluding carboxylic acids is 1. The molecule has 0 radical (unpaired) electrons. The normalized spacial score (nSPS) is 12.5. The van der Waals surface area contributed by atoms with Gasteiger partial charge in [-0.1, -0.05) is 74.0 Å². The number of hydrogen-bond donors (Lipinski definition) is 2. The van der Waals surface area contributed by atoms with E-state index in [1.165, 1.54) is 18.3 Å². The van der Waals surface area contributed by atoms with E-state index in [0.29, 0.717) is 30.1 Å². The highest BCUT2D eigenvalue weighted by atomic mass is 32.2. The first-order valence-electron chi connectivity index (χ1n) is 13.4. The SMILES string of the molecule is COc1cc(/C=N\NC(=O)[C@@H](CC(C)C)NS(=O)(=O)c2ccc(C)cc2)ccc1OCc1cccc2ccccc12. The zero-order valence-corrected chi connectivity index (χ0v) is 24.4. The number of sulfonamides is 1. The molecule has 1 amide bonds. The Morgan fingerprint density at radius 2 is 1.68 bits per heavy atom. The van der Waals surface area contributed by atoms with Crippen LogP contribution in [0.5, 0.6) is 11.5 Å². The lowest BCUT2D eigenvalue weighted by Crippen LogP contribution is -2.46. The molecule has 214 valence electrons. The van der Waals surface area contributed by atoms with Gasteiger partial charge in [0, 0.05) is 0 Å². The monoisotopic (exact) mass is 573 g/mol. The van der Waals surface area contributed by atoms with Crippen LogP contribution < -0.4 is 19.6 Å². The van der Waals surface area contributed by atoms with Crippen molar-refractivity contribution in [3.05, 3.63) is 102 Å². The van der Waals surface area contributed by atoms with E-state index < -0.39 is 22.0 Å². The van der Waals surface area contributed by atoms with Crippen LogP contribution in [0.2, 0.25) is 0 Å². The molecule has 0 heterocycles. The number of nitrogens with one attached hydrogen (secondary N) is 2. The number of nitrogens with zero attached hydrogens (tertiary/aromatic N) is 1. The van der Waals surface area contributed by atoms with Gasteiger partial charge in [0.2, 0.25) is 10.0 Å². The van der Waals surface area contributed by atoms with Crippen LogP contribution in [0.4, 0.5) is 0 Å². The summed E-state index contributed by atoms with van der Waals surface area (Å²) in [5.41, 5.74) is 5.14. The number of benzene rings is 4. The van der Waals surface area contributed by atoms with Gasteiger partial charge in [0.1, 0.15) is 12.6 Å². The van der Waals surface area contributed by atoms with E-state index in [9.17, 15) is 13.2 Å². The molecule has 0 unspecified atom stereocenters. The van der Waals surface area contributed by atoms with Crippen molar-refractivity contribution in [3.63, 3.8) is 0 Å². The largest absolute Gasteiger partial charge is 0.493 e. The van der Waals surface area contributed by atoms with Crippen molar-refractivity contribution in [2.45, 2.75) is 44.7 Å². The number of ether oxygens (including phenoxy) is 2. The van der Waals surface area contributed by atoms with E-state index in [2.05, 4.69) is 33.4 Å². The molecule has 2 N–H and O–H groups in total. The van der Waals surface area contributed by atoms with Crippen molar-refractivity contribution in [2.75, 3.05) is 7.11 Å². The van der Waals surface area contributed by atoms with E-state index in [-0.39, 0.29) is 10.8 Å². The highest BCUT2D eigenvalue weighted by molar-refractivity contribution is 7.89. The Bertz CT molecular complexity index is 1630. The third kappa shape index (κ3) is 7.93. The molecular formula is C32H35N3O5S. The number of methoxy groups -OCH3 is 1. The lowest BCUT2D eigenvalue weighted by atomic mass is 10.0. The van der Waals surface area contributed by atoms with E-state index in [1.54, 1.807) is 37.4 Å². The molecule has 9 heteroatoms. The van der Waals surface area contributed by atoms with Gasteiger partial charge in [-0.05, 0) is 71.5 Å². The summed E-state index contributed by atoms with van der Waals surface area (Å²) in [6.45, 7) is 6.08. The van der Waals surface area contributed by atoms with Crippen LogP contribution in [0.15, 0.2) is 94.9 Å². The summed E-state index contributed by atoms with van der Waals surface area (Å²) in [7, 11) is -2.33. The first-order valence-corrected chi connectivity index (χ1v) is 14.8. The number of fused-ring (bicyclic) bond motifs is 1. The highest BCUT2D eigenvalue weighted by Crippen LogP contribution is 2.29. The Hall–Kier alpha value is -4.21. The molecule has 0 fully saturated rings. The quantitative estimate of drug-likeness (QED) is 0.170. The lowest BCUT2D eigenvalue weighted by Gasteiger charge is -2.19. The molecule has 4 aromatic carbocycles. The smallest absolute Gasteiger partial charge is 0.258 e. The van der Waals surface area contributed by atoms with Crippen molar-refractivity contribution in [2.24, 2.45) is 11.0 Å². The van der Waals surface area contributed by atoms with Gasteiger partial charge >= 0.3 is 0 Å². The summed E-state index contributed by atoms with van der Waals surface area (Å²) in [6.07, 6.45) is 1.78. The van der Waals surface area contributed by atoms with Gasteiger partial charge in [-0.3, -0.25) is 4.79 Å². The lowest BCUT2D eigenvalue weighted by molar-refractivity contribution is -0.123. The summed E-state index contributed by atoms with van der Waals surface area (Å²) in [6, 6.07) is 25.0. The molecule has 1 atom stereocenters. The number of hydrogen-bond acceptors (Lipinski definition) is 6. The molecule has 0 saturated heterocycles. The molecule has 0 aliphatic rings. The number of amides is 1. The Labute approximate surface area is 241 Å². The maximum Gasteiger partial charge on any atom is 0.258 e. The van der Waals surface area contributed by atoms with Crippen LogP contribution in [0.1, 0.15) is 37.0 Å². The highest BCUT2D eigenvalue weighted by Gasteiger charge is 2.26. The second-order valence-electron chi connectivity index (χ2n) is 10.2. The summed E-state index contributed by atoms with van der Waals surface area (Å²) in [5.74, 6) is 0.613. The third-order valence-electron chi connectivity index (χ3n) is 6.49. The number of rotatable bonds is 12. The van der Waals surface area contributed by atoms with Crippen molar-refractivity contribution in [1.29, 1.82) is 0 Å². The van der Waals surface area contributed by atoms with Crippen LogP contribution >= 0.6 is 0 Å². The second kappa shape index (κ2) is 13.4. The first kappa shape index (κ1) is 29.8. The minimum atomic E-state index is -3.89. The molecule has 0 aliphatic carbocycles. The zero-order chi connectivity index (χ0) is 29.4. The number of hydrazone groups is 1. The topological polar surface area (TPSA) is 106 Å². The van der Waals surface area contributed by atoms with Crippen LogP contribution in [0.25, 0.3) is 10.8 Å². The van der Waals surface area contributed by atoms with Gasteiger partial charge in [-0.2, -0.15) is 9.82 Å². The summed E-state index contributed by atoms with van der Waals surface area (Å²) >= 11 is 0. The molecule has 0 aliphatic heterocycles. The van der Waals surface area contributed by atoms with Gasteiger partial charge in [0.25, 0.3) is 5.91 Å². The molecule has 4 aromatic rings. The van der Waals surface area contributed by atoms with E-state index >= 15 is 0 Å². The predicted molar refractivity (Wildman–Crippen MR) is 162 cm³/mol. The third-order valence-corrected chi connectivity index (χ3v) is 7.98. The molecule has 0 bridgehead atoms. The van der Waals surface area contributed by atoms with Gasteiger partial charge in [-0.25, -0.2) is 13.8 Å². The van der Waals surface area contributed by atoms with Gasteiger partial charge in [0.05, 0.1) is 18.2 Å². The second-order valence-corrected chi connectivity index (χ2v) is 11.9. The van der Waals surface area contributed by atoms with Crippen LogP contribution in [-0.4, -0.2) is 33.7 Å². The average molecular weight is 574 g/mol. The van der Waals surface area contributed by atoms with Crippen molar-refractivity contribution in [3.8, 4) is 11.5 Å². The summed E-state index contributed by atoms with van der Waals surface area (Å²) in [5, 5.41) is 6.34. The Morgan fingerprint density at radius 3 is 2.41 bits per heavy atom. The maximum atomic E-state index is 12.9. The standard InChI is InChI=1S/C32H35N3O5S/c1-22(2)18-29(35-41(37,38)27-15-12-23(3)13-16-27)32(36)34-33-20-24-14-17-30(31(19-24)39-4)40-21-26-10-7-9-25-8-5-6-11-28(25)26/h5-17,19-20,22,29,35H,18,21H2,1-4H3,(H,34,36)/b33-20-/t29-/m1/s1. The van der Waals surface area contributed by atoms with Crippen LogP contribution in [0, 0.1) is 12.8 Å². The fourth-order valence-corrected chi connectivity index (χ4v) is 5.57. The number of aryl methyl sites for hydroxylation is 1. The molecule has 41 heavy (non-hydrogen) atoms. The minimum absolute atomic E-state index is 0.0705. The van der Waals surface area contributed by atoms with Crippen LogP contribution in [-0.2, 0) is 21.4 Å². The minimum Gasteiger partial charge on any atom is -0.493 e. The van der Waals surface area contributed by atoms with Crippen LogP contribution in [0.3, 0.4) is 0 Å². The molecule has 0 aromatic heterocycles. The summed E-state index contributed by atoms with van der Waals surface area (Å²) < 4.78 is 39.9. The molecule has 4 rings (SSSR count). The van der Waals surface area contributed by atoms with Crippen molar-refractivity contribution in [1.82, 2.24) is 10.1 Å². The molecule has 0 spiro atoms. The van der Waals surface area contributed by atoms with Crippen molar-refractivity contribution < 1.29 is 22.7 Å². The predicted octanol–water partition coefficient (Wildman–Crippen LogP) is 5.58. The van der Waals surface area contributed by atoms with Crippen molar-refractivity contribution >= 4 is 32.9 Å². The maximum absolute atomic E-state index is 12.9. The van der Waals surface area contributed by atoms with E-state index in [1.807, 2.05) is 45.0 Å². The van der Waals surface area contributed by atoms with E-state index in [4.69, 9.17) is 9.47 Å². The van der Waals surface area contributed by atoms with Gasteiger partial charge in [0.15, 0.2) is 11.5 Å². The fourth-order valence-electron chi connectivity index (χ4n) is 4.36. The first-order chi connectivity index (χ1) is 19.7. The zero-order valence-electron chi connectivity index (χ0n) is 23.6. The average Bonchev–Trinajstić information content (AvgIpc) is 2.95. The number of carbonyl (C=O) groups is 1. The molecular weight excluding hydrogens is 538 g/mol. The summed E-state index contributed by atoms with van der Waals surface area (Å²) in [4.78, 5) is 13.0. The molecule has 8 nitrogen and oxygen atoms in total.